The van der Waals surface area contributed by atoms with E-state index in [9.17, 15) is 18.8 Å². The van der Waals surface area contributed by atoms with E-state index in [1.54, 1.807) is 15.5 Å². The Labute approximate surface area is 201 Å². The molecule has 0 unspecified atom stereocenters. The molecule has 5 rings (SSSR count). The Morgan fingerprint density at radius 1 is 1.18 bits per heavy atom. The Hall–Kier alpha value is -2.94. The zero-order chi connectivity index (χ0) is 24.0. The van der Waals surface area contributed by atoms with E-state index < -0.39 is 17.1 Å². The number of anilines is 1. The third kappa shape index (κ3) is 4.06. The molecule has 1 aromatic heterocycles. The molecule has 2 aromatic rings. The lowest BCUT2D eigenvalue weighted by atomic mass is 9.67. The van der Waals surface area contributed by atoms with Crippen molar-refractivity contribution in [2.75, 3.05) is 11.4 Å². The van der Waals surface area contributed by atoms with Gasteiger partial charge in [0, 0.05) is 24.0 Å². The van der Waals surface area contributed by atoms with Gasteiger partial charge in [-0.1, -0.05) is 11.6 Å². The lowest BCUT2D eigenvalue weighted by Crippen LogP contribution is -2.50. The van der Waals surface area contributed by atoms with Crippen LogP contribution in [-0.4, -0.2) is 39.9 Å². The molecule has 1 aliphatic heterocycles. The normalized spacial score (nSPS) is 24.9. The molecule has 3 amide bonds. The van der Waals surface area contributed by atoms with E-state index in [-0.39, 0.29) is 40.3 Å². The highest BCUT2D eigenvalue weighted by molar-refractivity contribution is 6.33. The fraction of sp³-hybridized carbons (Fsp3) is 0.500. The third-order valence-electron chi connectivity index (χ3n) is 7.40. The molecule has 1 saturated heterocycles. The molecular formula is C24H27ClFN5O3. The Bertz CT molecular complexity index is 1150. The summed E-state index contributed by atoms with van der Waals surface area (Å²) in [5, 5.41) is 3.08. The van der Waals surface area contributed by atoms with Crippen molar-refractivity contribution in [1.82, 2.24) is 14.9 Å². The highest BCUT2D eigenvalue weighted by Crippen LogP contribution is 2.48. The van der Waals surface area contributed by atoms with E-state index >= 15 is 0 Å². The summed E-state index contributed by atoms with van der Waals surface area (Å²) in [5.41, 5.74) is 5.83. The van der Waals surface area contributed by atoms with Gasteiger partial charge in [-0.2, -0.15) is 0 Å². The van der Waals surface area contributed by atoms with Gasteiger partial charge in [0.2, 0.25) is 5.91 Å². The van der Waals surface area contributed by atoms with Crippen LogP contribution in [0.3, 0.4) is 0 Å². The van der Waals surface area contributed by atoms with Gasteiger partial charge in [0.05, 0.1) is 17.0 Å². The van der Waals surface area contributed by atoms with Crippen LogP contribution in [0.2, 0.25) is 5.02 Å². The first-order valence-electron chi connectivity index (χ1n) is 11.7. The molecule has 2 aliphatic carbocycles. The Morgan fingerprint density at radius 3 is 2.56 bits per heavy atom. The zero-order valence-corrected chi connectivity index (χ0v) is 19.5. The van der Waals surface area contributed by atoms with E-state index in [0.717, 1.165) is 25.7 Å². The van der Waals surface area contributed by atoms with Crippen LogP contribution in [0.4, 0.5) is 10.1 Å². The van der Waals surface area contributed by atoms with Crippen LogP contribution >= 0.6 is 11.6 Å². The van der Waals surface area contributed by atoms with Gasteiger partial charge < -0.3 is 20.5 Å². The van der Waals surface area contributed by atoms with E-state index in [1.807, 2.05) is 0 Å². The minimum absolute atomic E-state index is 0.0102. The number of hydrogen-bond donors (Lipinski definition) is 2. The second-order valence-electron chi connectivity index (χ2n) is 9.63. The number of nitrogens with two attached hydrogens (primary N) is 1. The summed E-state index contributed by atoms with van der Waals surface area (Å²) >= 11 is 6.25. The molecule has 2 saturated carbocycles. The lowest BCUT2D eigenvalue weighted by Gasteiger charge is -2.46. The average molecular weight is 488 g/mol. The smallest absolute Gasteiger partial charge is 0.272 e. The van der Waals surface area contributed by atoms with Crippen molar-refractivity contribution in [3.8, 4) is 0 Å². The van der Waals surface area contributed by atoms with E-state index in [2.05, 4.69) is 10.3 Å². The first kappa shape index (κ1) is 22.8. The van der Waals surface area contributed by atoms with Gasteiger partial charge in [-0.15, -0.1) is 0 Å². The minimum atomic E-state index is -0.690. The number of piperidine rings is 1. The standard InChI is InChI=1S/C24H27ClFN5O3/c25-17-12-14(26)2-5-18(17)30-11-1-8-24(23(30)34)9-6-16(7-10-24)31-13-28-19(20(31)21(27)32)22(33)29-15-3-4-15/h2,5,12-13,15-16H,1,3-4,6-11H2,(H2,27,32)(H,29,33). The molecule has 10 heteroatoms. The van der Waals surface area contributed by atoms with Crippen LogP contribution in [0.25, 0.3) is 0 Å². The molecular weight excluding hydrogens is 461 g/mol. The molecule has 1 spiro atoms. The topological polar surface area (TPSA) is 110 Å². The van der Waals surface area contributed by atoms with Gasteiger partial charge in [0.25, 0.3) is 11.8 Å². The molecule has 0 radical (unpaired) electrons. The van der Waals surface area contributed by atoms with Crippen molar-refractivity contribution in [2.24, 2.45) is 11.1 Å². The fourth-order valence-corrected chi connectivity index (χ4v) is 5.70. The second-order valence-corrected chi connectivity index (χ2v) is 10.0. The maximum Gasteiger partial charge on any atom is 0.272 e. The Morgan fingerprint density at radius 2 is 1.91 bits per heavy atom. The molecule has 0 bridgehead atoms. The summed E-state index contributed by atoms with van der Waals surface area (Å²) in [6.45, 7) is 0.544. The van der Waals surface area contributed by atoms with E-state index in [0.29, 0.717) is 37.9 Å². The van der Waals surface area contributed by atoms with Crippen LogP contribution in [0, 0.1) is 11.2 Å². The number of carbonyl (C=O) groups excluding carboxylic acids is 3. The number of aromatic nitrogens is 2. The number of rotatable bonds is 5. The number of primary amides is 1. The van der Waals surface area contributed by atoms with Crippen LogP contribution in [0.5, 0.6) is 0 Å². The number of carbonyl (C=O) groups is 3. The average Bonchev–Trinajstić information content (AvgIpc) is 3.50. The molecule has 8 nitrogen and oxygen atoms in total. The predicted octanol–water partition coefficient (Wildman–Crippen LogP) is 3.60. The van der Waals surface area contributed by atoms with Crippen LogP contribution < -0.4 is 16.0 Å². The number of nitrogens with one attached hydrogen (secondary N) is 1. The van der Waals surface area contributed by atoms with Crippen molar-refractivity contribution in [3.05, 3.63) is 46.8 Å². The Kier molecular flexibility index (Phi) is 5.83. The van der Waals surface area contributed by atoms with Crippen molar-refractivity contribution < 1.29 is 18.8 Å². The van der Waals surface area contributed by atoms with Crippen molar-refractivity contribution in [3.63, 3.8) is 0 Å². The van der Waals surface area contributed by atoms with E-state index in [4.69, 9.17) is 17.3 Å². The molecule has 3 N–H and O–H groups in total. The number of hydrogen-bond acceptors (Lipinski definition) is 4. The van der Waals surface area contributed by atoms with Gasteiger partial charge in [-0.3, -0.25) is 14.4 Å². The number of benzene rings is 1. The van der Waals surface area contributed by atoms with Gasteiger partial charge in [0.15, 0.2) is 5.69 Å². The molecule has 3 aliphatic rings. The van der Waals surface area contributed by atoms with Gasteiger partial charge >= 0.3 is 0 Å². The summed E-state index contributed by atoms with van der Waals surface area (Å²) in [6.07, 6.45) is 7.53. The summed E-state index contributed by atoms with van der Waals surface area (Å²) in [4.78, 5) is 44.3. The van der Waals surface area contributed by atoms with Gasteiger partial charge in [0.1, 0.15) is 11.5 Å². The fourth-order valence-electron chi connectivity index (χ4n) is 5.43. The molecule has 180 valence electrons. The summed E-state index contributed by atoms with van der Waals surface area (Å²) in [5.74, 6) is -1.50. The SMILES string of the molecule is NC(=O)c1c(C(=O)NC2CC2)ncn1C1CCC2(CCCN(c3ccc(F)cc3Cl)C2=O)CC1. The molecule has 2 heterocycles. The first-order valence-corrected chi connectivity index (χ1v) is 12.1. The van der Waals surface area contributed by atoms with E-state index in [1.165, 1.54) is 18.5 Å². The highest BCUT2D eigenvalue weighted by Gasteiger charge is 2.47. The minimum Gasteiger partial charge on any atom is -0.364 e. The maximum atomic E-state index is 13.6. The molecule has 0 atom stereocenters. The number of imidazole rings is 1. The molecule has 3 fully saturated rings. The quantitative estimate of drug-likeness (QED) is 0.671. The molecule has 1 aromatic carbocycles. The first-order chi connectivity index (χ1) is 16.3. The number of nitrogens with zero attached hydrogens (tertiary/aromatic N) is 3. The van der Waals surface area contributed by atoms with Crippen LogP contribution in [0.15, 0.2) is 24.5 Å². The largest absolute Gasteiger partial charge is 0.364 e. The van der Waals surface area contributed by atoms with Crippen molar-refractivity contribution >= 4 is 35.0 Å². The number of halogens is 2. The van der Waals surface area contributed by atoms with Gasteiger partial charge in [-0.05, 0) is 69.6 Å². The highest BCUT2D eigenvalue weighted by atomic mass is 35.5. The molecule has 34 heavy (non-hydrogen) atoms. The predicted molar refractivity (Wildman–Crippen MR) is 124 cm³/mol. The number of amides is 3. The van der Waals surface area contributed by atoms with Gasteiger partial charge in [-0.25, -0.2) is 9.37 Å². The zero-order valence-electron chi connectivity index (χ0n) is 18.7. The monoisotopic (exact) mass is 487 g/mol. The van der Waals surface area contributed by atoms with Crippen LogP contribution in [0.1, 0.15) is 78.4 Å². The lowest BCUT2D eigenvalue weighted by molar-refractivity contribution is -0.133. The third-order valence-corrected chi connectivity index (χ3v) is 7.70. The Balaban J connectivity index is 1.34. The maximum absolute atomic E-state index is 13.6. The van der Waals surface area contributed by atoms with Crippen molar-refractivity contribution in [2.45, 2.75) is 63.5 Å². The van der Waals surface area contributed by atoms with Crippen LogP contribution in [-0.2, 0) is 4.79 Å². The summed E-state index contributed by atoms with van der Waals surface area (Å²) in [6, 6.07) is 4.15. The summed E-state index contributed by atoms with van der Waals surface area (Å²) < 4.78 is 15.2. The summed E-state index contributed by atoms with van der Waals surface area (Å²) in [7, 11) is 0. The second kappa shape index (κ2) is 8.69. The van der Waals surface area contributed by atoms with Crippen molar-refractivity contribution in [1.29, 1.82) is 0 Å².